The Labute approximate surface area is 241 Å². The van der Waals surface area contributed by atoms with Crippen LogP contribution in [0, 0.1) is 11.3 Å². The summed E-state index contributed by atoms with van der Waals surface area (Å²) in [5, 5.41) is 27.2. The van der Waals surface area contributed by atoms with Crippen molar-refractivity contribution in [1.29, 1.82) is 5.26 Å². The van der Waals surface area contributed by atoms with Gasteiger partial charge in [0, 0.05) is 49.1 Å². The Bertz CT molecular complexity index is 1470. The number of alkyl halides is 1. The first kappa shape index (κ1) is 26.4. The Morgan fingerprint density at radius 2 is 2.20 bits per heavy atom. The molecule has 216 valence electrons. The maximum atomic E-state index is 14.4. The van der Waals surface area contributed by atoms with E-state index in [0.29, 0.717) is 68.2 Å². The van der Waals surface area contributed by atoms with Gasteiger partial charge >= 0.3 is 6.01 Å². The number of H-pyrrole nitrogens is 1. The molecule has 14 heteroatoms. The van der Waals surface area contributed by atoms with Gasteiger partial charge in [0.1, 0.15) is 23.8 Å². The average Bonchev–Trinajstić information content (AvgIpc) is 3.74. The molecule has 1 spiro atoms. The van der Waals surface area contributed by atoms with Crippen LogP contribution in [0.3, 0.4) is 0 Å². The number of nitrogens with two attached hydrogens (primary N) is 1. The summed E-state index contributed by atoms with van der Waals surface area (Å²) in [7, 11) is 0. The second-order valence-corrected chi connectivity index (χ2v) is 12.8. The fourth-order valence-electron chi connectivity index (χ4n) is 7.24. The Hall–Kier alpha value is -3.54. The van der Waals surface area contributed by atoms with Crippen LogP contribution < -0.4 is 20.3 Å². The molecular weight excluding hydrogens is 547 g/mol. The van der Waals surface area contributed by atoms with Crippen molar-refractivity contribution in [3.8, 4) is 12.1 Å². The Morgan fingerprint density at radius 3 is 2.98 bits per heavy atom. The Kier molecular flexibility index (Phi) is 6.48. The van der Waals surface area contributed by atoms with Crippen molar-refractivity contribution >= 4 is 28.2 Å². The van der Waals surface area contributed by atoms with Crippen molar-refractivity contribution in [1.82, 2.24) is 30.0 Å². The van der Waals surface area contributed by atoms with E-state index < -0.39 is 6.17 Å². The molecule has 3 aromatic rings. The number of hydrogen-bond acceptors (Lipinski definition) is 12. The molecule has 41 heavy (non-hydrogen) atoms. The second kappa shape index (κ2) is 10.1. The molecule has 3 saturated heterocycles. The number of nitrogens with one attached hydrogen (secondary N) is 1. The van der Waals surface area contributed by atoms with Gasteiger partial charge in [0.15, 0.2) is 0 Å². The van der Waals surface area contributed by atoms with Gasteiger partial charge in [-0.2, -0.15) is 25.3 Å². The lowest BCUT2D eigenvalue weighted by molar-refractivity contribution is 0.107. The normalized spacial score (nSPS) is 24.3. The lowest BCUT2D eigenvalue weighted by Gasteiger charge is -2.48. The number of halogens is 1. The number of nitrogen functional groups attached to an aromatic ring is 1. The van der Waals surface area contributed by atoms with Crippen molar-refractivity contribution < 1.29 is 14.2 Å². The van der Waals surface area contributed by atoms with Crippen LogP contribution in [0.1, 0.15) is 47.4 Å². The van der Waals surface area contributed by atoms with Gasteiger partial charge in [-0.25, -0.2) is 4.39 Å². The van der Waals surface area contributed by atoms with Crippen LogP contribution in [-0.4, -0.2) is 92.8 Å². The predicted molar refractivity (Wildman–Crippen MR) is 151 cm³/mol. The van der Waals surface area contributed by atoms with Gasteiger partial charge < -0.3 is 25.4 Å². The topological polar surface area (TPSA) is 156 Å². The summed E-state index contributed by atoms with van der Waals surface area (Å²) in [4.78, 5) is 21.5. The van der Waals surface area contributed by atoms with Crippen LogP contribution in [-0.2, 0) is 18.4 Å². The number of hydrogen-bond donors (Lipinski definition) is 3. The second-order valence-electron chi connectivity index (χ2n) is 11.7. The van der Waals surface area contributed by atoms with Gasteiger partial charge in [-0.1, -0.05) is 0 Å². The number of thiophene rings is 1. The molecule has 1 unspecified atom stereocenters. The molecule has 3 aliphatic heterocycles. The van der Waals surface area contributed by atoms with Crippen LogP contribution in [0.2, 0.25) is 0 Å². The molecule has 4 aliphatic rings. The van der Waals surface area contributed by atoms with Gasteiger partial charge in [0.25, 0.3) is 0 Å². The van der Waals surface area contributed by atoms with Crippen molar-refractivity contribution in [3.05, 3.63) is 34.0 Å². The molecule has 0 amide bonds. The molecule has 2 atom stereocenters. The van der Waals surface area contributed by atoms with Gasteiger partial charge in [-0.3, -0.25) is 10.00 Å². The lowest BCUT2D eigenvalue weighted by Crippen LogP contribution is -2.59. The highest BCUT2D eigenvalue weighted by atomic mass is 32.1. The number of rotatable bonds is 9. The zero-order chi connectivity index (χ0) is 28.2. The summed E-state index contributed by atoms with van der Waals surface area (Å²) in [5.74, 6) is 0.865. The summed E-state index contributed by atoms with van der Waals surface area (Å²) in [6, 6.07) is 4.37. The van der Waals surface area contributed by atoms with Crippen LogP contribution in [0.4, 0.5) is 21.3 Å². The number of fused-ring (bicyclic) bond motifs is 3. The van der Waals surface area contributed by atoms with Crippen molar-refractivity contribution in [2.24, 2.45) is 0 Å². The molecule has 0 radical (unpaired) electrons. The van der Waals surface area contributed by atoms with Crippen molar-refractivity contribution in [2.45, 2.75) is 55.8 Å². The molecule has 0 aromatic carbocycles. The molecule has 6 heterocycles. The first-order chi connectivity index (χ1) is 19.9. The van der Waals surface area contributed by atoms with E-state index in [9.17, 15) is 14.8 Å². The minimum atomic E-state index is -0.851. The van der Waals surface area contributed by atoms with Gasteiger partial charge in [0.05, 0.1) is 29.9 Å². The molecule has 4 N–H and O–H groups in total. The van der Waals surface area contributed by atoms with Crippen molar-refractivity contribution in [3.63, 3.8) is 0 Å². The fraction of sp³-hybridized carbons (Fsp3) is 0.593. The molecule has 0 bridgehead atoms. The van der Waals surface area contributed by atoms with Crippen molar-refractivity contribution in [2.75, 3.05) is 61.5 Å². The first-order valence-electron chi connectivity index (χ1n) is 14.1. The third-order valence-electron chi connectivity index (χ3n) is 9.15. The lowest BCUT2D eigenvalue weighted by atomic mass is 9.74. The number of anilines is 3. The molecule has 3 aromatic heterocycles. The monoisotopic (exact) mass is 580 g/mol. The van der Waals surface area contributed by atoms with Crippen LogP contribution >= 0.6 is 11.3 Å². The maximum absolute atomic E-state index is 14.4. The maximum Gasteiger partial charge on any atom is 0.323 e. The third kappa shape index (κ3) is 4.47. The quantitative estimate of drug-likeness (QED) is 0.339. The largest absolute Gasteiger partial charge is 0.461 e. The summed E-state index contributed by atoms with van der Waals surface area (Å²) in [5.41, 5.74) is 8.24. The average molecular weight is 581 g/mol. The summed E-state index contributed by atoms with van der Waals surface area (Å²) in [6.07, 6.45) is 5.06. The molecule has 3 fully saturated rings. The van der Waals surface area contributed by atoms with E-state index in [1.54, 1.807) is 6.20 Å². The summed E-state index contributed by atoms with van der Waals surface area (Å²) in [6.45, 7) is 3.58. The molecule has 1 aliphatic carbocycles. The number of ether oxygens (including phenoxy) is 1. The summed E-state index contributed by atoms with van der Waals surface area (Å²) >= 11 is 1.52. The van der Waals surface area contributed by atoms with E-state index in [1.165, 1.54) is 16.2 Å². The number of aryl methyl sites for hydroxylation is 1. The van der Waals surface area contributed by atoms with E-state index in [4.69, 9.17) is 20.4 Å². The van der Waals surface area contributed by atoms with E-state index >= 15 is 0 Å². The number of nitrogens with zero attached hydrogens (tertiary/aromatic N) is 8. The number of aromatic nitrogens is 5. The Balaban J connectivity index is 1.18. The van der Waals surface area contributed by atoms with Gasteiger partial charge in [-0.15, -0.1) is 11.3 Å². The van der Waals surface area contributed by atoms with E-state index in [0.717, 1.165) is 43.5 Å². The number of nitriles is 1. The van der Waals surface area contributed by atoms with Gasteiger partial charge in [0.2, 0.25) is 11.9 Å². The van der Waals surface area contributed by atoms with Crippen LogP contribution in [0.25, 0.3) is 0 Å². The van der Waals surface area contributed by atoms with E-state index in [2.05, 4.69) is 31.1 Å². The van der Waals surface area contributed by atoms with Crippen LogP contribution in [0.15, 0.2) is 12.3 Å². The molecular formula is C27H33FN10O2S. The highest BCUT2D eigenvalue weighted by Gasteiger charge is 2.52. The summed E-state index contributed by atoms with van der Waals surface area (Å²) < 4.78 is 20.6. The fourth-order valence-corrected chi connectivity index (χ4v) is 8.38. The standard InChI is InChI=1S/C27H33FN10O2S/c28-17-10-27(4-1-7-38(27)12-17)16-40-25-33-23(36(8-9-39)13-18-3-6-31-35-18)32-24(34-25)37-14-26(15-37)5-2-20-21(26)19(11-29)22(30)41-20/h3,6,17,39H,1-2,4-5,7-10,12-16,30H2,(H,31,35)/t17?,27-/m0/s1. The van der Waals surface area contributed by atoms with E-state index in [-0.39, 0.29) is 23.6 Å². The van der Waals surface area contributed by atoms with E-state index in [1.807, 2.05) is 11.0 Å². The van der Waals surface area contributed by atoms with Gasteiger partial charge in [-0.05, 0) is 43.9 Å². The predicted octanol–water partition coefficient (Wildman–Crippen LogP) is 1.77. The molecule has 7 rings (SSSR count). The molecule has 0 saturated carbocycles. The smallest absolute Gasteiger partial charge is 0.323 e. The zero-order valence-electron chi connectivity index (χ0n) is 22.7. The minimum Gasteiger partial charge on any atom is -0.461 e. The SMILES string of the molecule is N#Cc1c(N)sc2c1C1(CC2)CN(c2nc(OC[C@@]34CCCN3CC(F)C4)nc(N(CCO)Cc3ccn[nH]3)n2)C1. The van der Waals surface area contributed by atoms with Crippen LogP contribution in [0.5, 0.6) is 6.01 Å². The third-order valence-corrected chi connectivity index (χ3v) is 10.2. The number of aliphatic hydroxyl groups excluding tert-OH is 1. The molecule has 12 nitrogen and oxygen atoms in total. The zero-order valence-corrected chi connectivity index (χ0v) is 23.5. The highest BCUT2D eigenvalue weighted by molar-refractivity contribution is 7.16. The first-order valence-corrected chi connectivity index (χ1v) is 14.9. The number of aromatic amines is 1. The number of aliphatic hydroxyl groups is 1. The Morgan fingerprint density at radius 1 is 1.32 bits per heavy atom. The highest BCUT2D eigenvalue weighted by Crippen LogP contribution is 2.52. The minimum absolute atomic E-state index is 0.0899.